The number of nitrogens with zero attached hydrogens (tertiary/aromatic N) is 3. The molecule has 2 aliphatic rings. The third-order valence-electron chi connectivity index (χ3n) is 5.93. The number of likely N-dealkylation sites (tertiary alicyclic amines) is 2. The van der Waals surface area contributed by atoms with Crippen LogP contribution in [0, 0.1) is 5.92 Å². The Morgan fingerprint density at radius 1 is 1.07 bits per heavy atom. The SMILES string of the molecule is CN=C(NCCCN1CCCC(C(N)=O)C1)NCCCN1CCCCC1C. The third kappa shape index (κ3) is 8.05. The van der Waals surface area contributed by atoms with Gasteiger partial charge in [-0.05, 0) is 65.1 Å². The monoisotopic (exact) mass is 380 g/mol. The van der Waals surface area contributed by atoms with Crippen molar-refractivity contribution in [1.82, 2.24) is 20.4 Å². The van der Waals surface area contributed by atoms with E-state index < -0.39 is 0 Å². The maximum atomic E-state index is 11.4. The lowest BCUT2D eigenvalue weighted by Gasteiger charge is -2.33. The van der Waals surface area contributed by atoms with E-state index in [4.69, 9.17) is 5.73 Å². The van der Waals surface area contributed by atoms with Crippen LogP contribution in [0.5, 0.6) is 0 Å². The maximum absolute atomic E-state index is 11.4. The molecule has 0 saturated carbocycles. The molecule has 27 heavy (non-hydrogen) atoms. The normalized spacial score (nSPS) is 25.3. The number of primary amides is 1. The molecule has 2 saturated heterocycles. The van der Waals surface area contributed by atoms with Crippen molar-refractivity contribution in [3.05, 3.63) is 0 Å². The summed E-state index contributed by atoms with van der Waals surface area (Å²) in [6.07, 6.45) is 8.26. The molecule has 4 N–H and O–H groups in total. The molecule has 0 bridgehead atoms. The largest absolute Gasteiger partial charge is 0.369 e. The van der Waals surface area contributed by atoms with Crippen LogP contribution in [0.25, 0.3) is 0 Å². The van der Waals surface area contributed by atoms with Crippen LogP contribution in [-0.4, -0.2) is 80.6 Å². The Labute approximate surface area is 165 Å². The van der Waals surface area contributed by atoms with Crippen LogP contribution in [0.1, 0.15) is 51.9 Å². The number of amides is 1. The molecule has 2 atom stereocenters. The van der Waals surface area contributed by atoms with Crippen LogP contribution < -0.4 is 16.4 Å². The topological polar surface area (TPSA) is 86.0 Å². The zero-order valence-corrected chi connectivity index (χ0v) is 17.4. The van der Waals surface area contributed by atoms with Gasteiger partial charge in [0.15, 0.2) is 5.96 Å². The first kappa shape index (κ1) is 22.0. The fraction of sp³-hybridized carbons (Fsp3) is 0.900. The van der Waals surface area contributed by atoms with Crippen molar-refractivity contribution >= 4 is 11.9 Å². The van der Waals surface area contributed by atoms with Crippen molar-refractivity contribution in [3.8, 4) is 0 Å². The Bertz CT molecular complexity index is 469. The Balaban J connectivity index is 1.53. The van der Waals surface area contributed by atoms with E-state index in [0.717, 1.165) is 70.4 Å². The van der Waals surface area contributed by atoms with Crippen LogP contribution in [0.4, 0.5) is 0 Å². The number of carbonyl (C=O) groups is 1. The number of nitrogens with two attached hydrogens (primary N) is 1. The minimum Gasteiger partial charge on any atom is -0.369 e. The lowest BCUT2D eigenvalue weighted by atomic mass is 9.97. The molecule has 2 rings (SSSR count). The van der Waals surface area contributed by atoms with Crippen molar-refractivity contribution in [2.45, 2.75) is 57.9 Å². The summed E-state index contributed by atoms with van der Waals surface area (Å²) in [6.45, 7) is 9.50. The Morgan fingerprint density at radius 2 is 1.81 bits per heavy atom. The molecule has 7 nitrogen and oxygen atoms in total. The van der Waals surface area contributed by atoms with Gasteiger partial charge in [0.05, 0.1) is 5.92 Å². The average Bonchev–Trinajstić information content (AvgIpc) is 2.68. The number of piperidine rings is 2. The van der Waals surface area contributed by atoms with Crippen LogP contribution >= 0.6 is 0 Å². The first-order valence-electron chi connectivity index (χ1n) is 10.8. The number of guanidine groups is 1. The second-order valence-electron chi connectivity index (χ2n) is 8.06. The summed E-state index contributed by atoms with van der Waals surface area (Å²) in [5, 5.41) is 6.82. The Hall–Kier alpha value is -1.34. The van der Waals surface area contributed by atoms with Crippen molar-refractivity contribution in [1.29, 1.82) is 0 Å². The lowest BCUT2D eigenvalue weighted by Crippen LogP contribution is -2.43. The standard InChI is InChI=1S/C20H40N6O/c1-17-8-3-4-14-26(17)15-7-11-24-20(22-2)23-10-6-13-25-12-5-9-18(16-25)19(21)27/h17-18H,3-16H2,1-2H3,(H2,21,27)(H2,22,23,24). The first-order chi connectivity index (χ1) is 13.1. The van der Waals surface area contributed by atoms with Crippen LogP contribution in [0.3, 0.4) is 0 Å². The number of hydrogen-bond acceptors (Lipinski definition) is 4. The van der Waals surface area contributed by atoms with Crippen LogP contribution in [-0.2, 0) is 4.79 Å². The van der Waals surface area contributed by atoms with Gasteiger partial charge in [0.25, 0.3) is 0 Å². The Morgan fingerprint density at radius 3 is 2.48 bits per heavy atom. The van der Waals surface area contributed by atoms with E-state index in [1.165, 1.54) is 32.4 Å². The van der Waals surface area contributed by atoms with E-state index in [0.29, 0.717) is 0 Å². The summed E-state index contributed by atoms with van der Waals surface area (Å²) in [6, 6.07) is 0.736. The molecule has 2 fully saturated rings. The fourth-order valence-corrected chi connectivity index (χ4v) is 4.20. The molecule has 0 aromatic heterocycles. The maximum Gasteiger partial charge on any atom is 0.221 e. The highest BCUT2D eigenvalue weighted by Gasteiger charge is 2.23. The number of aliphatic imine (C=N–C) groups is 1. The summed E-state index contributed by atoms with van der Waals surface area (Å²) < 4.78 is 0. The minimum absolute atomic E-state index is 0.0313. The lowest BCUT2D eigenvalue weighted by molar-refractivity contribution is -0.123. The molecular formula is C20H40N6O. The summed E-state index contributed by atoms with van der Waals surface area (Å²) in [5.41, 5.74) is 5.45. The van der Waals surface area contributed by atoms with Gasteiger partial charge >= 0.3 is 0 Å². The minimum atomic E-state index is -0.152. The highest BCUT2D eigenvalue weighted by Crippen LogP contribution is 2.16. The van der Waals surface area contributed by atoms with Crippen molar-refractivity contribution in [3.63, 3.8) is 0 Å². The summed E-state index contributed by atoms with van der Waals surface area (Å²) >= 11 is 0. The molecule has 0 spiro atoms. The molecule has 2 aliphatic heterocycles. The summed E-state index contributed by atoms with van der Waals surface area (Å²) in [7, 11) is 1.82. The predicted molar refractivity (Wildman–Crippen MR) is 112 cm³/mol. The fourth-order valence-electron chi connectivity index (χ4n) is 4.20. The van der Waals surface area contributed by atoms with Gasteiger partial charge in [-0.25, -0.2) is 0 Å². The van der Waals surface area contributed by atoms with Gasteiger partial charge in [0.1, 0.15) is 0 Å². The molecule has 2 heterocycles. The van der Waals surface area contributed by atoms with E-state index in [1.807, 2.05) is 7.05 Å². The van der Waals surface area contributed by atoms with E-state index >= 15 is 0 Å². The predicted octanol–water partition coefficient (Wildman–Crippen LogP) is 1.00. The molecular weight excluding hydrogens is 340 g/mol. The first-order valence-corrected chi connectivity index (χ1v) is 10.8. The molecule has 1 amide bonds. The van der Waals surface area contributed by atoms with Crippen molar-refractivity contribution in [2.75, 3.05) is 52.9 Å². The van der Waals surface area contributed by atoms with Crippen LogP contribution in [0.2, 0.25) is 0 Å². The quantitative estimate of drug-likeness (QED) is 0.316. The van der Waals surface area contributed by atoms with Crippen molar-refractivity contribution < 1.29 is 4.79 Å². The zero-order chi connectivity index (χ0) is 19.5. The molecule has 156 valence electrons. The molecule has 0 aromatic rings. The highest BCUT2D eigenvalue weighted by atomic mass is 16.1. The number of carbonyl (C=O) groups excluding carboxylic acids is 1. The van der Waals surface area contributed by atoms with E-state index in [-0.39, 0.29) is 11.8 Å². The summed E-state index contributed by atoms with van der Waals surface area (Å²) in [4.78, 5) is 20.6. The molecule has 0 aromatic carbocycles. The molecule has 0 aliphatic carbocycles. The van der Waals surface area contributed by atoms with E-state index in [2.05, 4.69) is 32.3 Å². The van der Waals surface area contributed by atoms with Gasteiger partial charge < -0.3 is 26.2 Å². The highest BCUT2D eigenvalue weighted by molar-refractivity contribution is 5.79. The number of hydrogen-bond donors (Lipinski definition) is 3. The average molecular weight is 381 g/mol. The van der Waals surface area contributed by atoms with Gasteiger partial charge in [-0.15, -0.1) is 0 Å². The molecule has 2 unspecified atom stereocenters. The van der Waals surface area contributed by atoms with E-state index in [1.54, 1.807) is 0 Å². The molecule has 0 radical (unpaired) electrons. The van der Waals surface area contributed by atoms with Gasteiger partial charge in [0, 0.05) is 39.3 Å². The second-order valence-corrected chi connectivity index (χ2v) is 8.06. The smallest absolute Gasteiger partial charge is 0.221 e. The second kappa shape index (κ2) is 12.2. The third-order valence-corrected chi connectivity index (χ3v) is 5.93. The van der Waals surface area contributed by atoms with Crippen LogP contribution in [0.15, 0.2) is 4.99 Å². The number of nitrogens with one attached hydrogen (secondary N) is 2. The van der Waals surface area contributed by atoms with Crippen molar-refractivity contribution in [2.24, 2.45) is 16.6 Å². The van der Waals surface area contributed by atoms with E-state index in [9.17, 15) is 4.79 Å². The zero-order valence-electron chi connectivity index (χ0n) is 17.4. The van der Waals surface area contributed by atoms with Gasteiger partial charge in [-0.2, -0.15) is 0 Å². The molecule has 7 heteroatoms. The van der Waals surface area contributed by atoms with Gasteiger partial charge in [-0.3, -0.25) is 9.79 Å². The Kier molecular flexibility index (Phi) is 9.91. The van der Waals surface area contributed by atoms with Gasteiger partial charge in [0.2, 0.25) is 5.91 Å². The van der Waals surface area contributed by atoms with Gasteiger partial charge in [-0.1, -0.05) is 6.42 Å². The summed E-state index contributed by atoms with van der Waals surface area (Å²) in [5.74, 6) is 0.764. The number of rotatable bonds is 9.